The number of anilines is 1. The van der Waals surface area contributed by atoms with E-state index in [0.717, 1.165) is 5.56 Å². The van der Waals surface area contributed by atoms with E-state index in [1.807, 2.05) is 12.1 Å². The molecule has 2 N–H and O–H groups in total. The van der Waals surface area contributed by atoms with Crippen LogP contribution in [0.1, 0.15) is 6.92 Å². The van der Waals surface area contributed by atoms with Crippen LogP contribution in [0.5, 0.6) is 0 Å². The Morgan fingerprint density at radius 2 is 1.95 bits per heavy atom. The van der Waals surface area contributed by atoms with Crippen molar-refractivity contribution in [1.82, 2.24) is 9.97 Å². The molecule has 2 aromatic carbocycles. The highest BCUT2D eigenvalue weighted by molar-refractivity contribution is 5.89. The number of nitro groups is 1. The molecule has 0 spiro atoms. The zero-order valence-corrected chi connectivity index (χ0v) is 11.7. The van der Waals surface area contributed by atoms with E-state index in [1.54, 1.807) is 18.2 Å². The summed E-state index contributed by atoms with van der Waals surface area (Å²) in [6, 6.07) is 11.7. The van der Waals surface area contributed by atoms with Gasteiger partial charge in [0.2, 0.25) is 5.91 Å². The van der Waals surface area contributed by atoms with E-state index >= 15 is 0 Å². The Hall–Kier alpha value is -3.22. The van der Waals surface area contributed by atoms with Crippen LogP contribution in [0.25, 0.3) is 22.4 Å². The van der Waals surface area contributed by atoms with Gasteiger partial charge in [0.25, 0.3) is 5.69 Å². The summed E-state index contributed by atoms with van der Waals surface area (Å²) in [6.07, 6.45) is 0. The Morgan fingerprint density at radius 3 is 2.59 bits per heavy atom. The van der Waals surface area contributed by atoms with Gasteiger partial charge >= 0.3 is 0 Å². The maximum Gasteiger partial charge on any atom is 0.271 e. The Morgan fingerprint density at radius 1 is 1.23 bits per heavy atom. The van der Waals surface area contributed by atoms with E-state index in [1.165, 1.54) is 19.1 Å². The van der Waals surface area contributed by atoms with Crippen molar-refractivity contribution in [2.24, 2.45) is 0 Å². The smallest absolute Gasteiger partial charge is 0.271 e. The molecule has 1 aromatic heterocycles. The number of hydrogen-bond acceptors (Lipinski definition) is 4. The van der Waals surface area contributed by atoms with Crippen molar-refractivity contribution in [1.29, 1.82) is 0 Å². The van der Waals surface area contributed by atoms with Gasteiger partial charge in [0, 0.05) is 30.3 Å². The third-order valence-corrected chi connectivity index (χ3v) is 3.15. The van der Waals surface area contributed by atoms with E-state index in [4.69, 9.17) is 0 Å². The lowest BCUT2D eigenvalue weighted by Gasteiger charge is -2.02. The highest BCUT2D eigenvalue weighted by atomic mass is 16.6. The quantitative estimate of drug-likeness (QED) is 0.572. The molecular formula is C15H12N4O3. The molecule has 7 heteroatoms. The second kappa shape index (κ2) is 5.28. The van der Waals surface area contributed by atoms with Crippen LogP contribution >= 0.6 is 0 Å². The van der Waals surface area contributed by atoms with E-state index in [0.29, 0.717) is 22.5 Å². The molecule has 0 atom stereocenters. The number of non-ortho nitro benzene ring substituents is 1. The van der Waals surface area contributed by atoms with Gasteiger partial charge in [-0.25, -0.2) is 4.98 Å². The number of fused-ring (bicyclic) bond motifs is 1. The minimum atomic E-state index is -0.442. The molecule has 0 aliphatic rings. The van der Waals surface area contributed by atoms with Crippen molar-refractivity contribution in [2.75, 3.05) is 5.32 Å². The molecule has 0 radical (unpaired) electrons. The lowest BCUT2D eigenvalue weighted by Crippen LogP contribution is -2.05. The predicted molar refractivity (Wildman–Crippen MR) is 82.5 cm³/mol. The molecule has 0 bridgehead atoms. The molecule has 7 nitrogen and oxygen atoms in total. The molecule has 0 fully saturated rings. The summed E-state index contributed by atoms with van der Waals surface area (Å²) in [7, 11) is 0. The van der Waals surface area contributed by atoms with Gasteiger partial charge < -0.3 is 10.3 Å². The van der Waals surface area contributed by atoms with E-state index in [2.05, 4.69) is 15.3 Å². The van der Waals surface area contributed by atoms with Crippen molar-refractivity contribution in [3.05, 3.63) is 52.6 Å². The fourth-order valence-corrected chi connectivity index (χ4v) is 2.16. The highest BCUT2D eigenvalue weighted by Crippen LogP contribution is 2.24. The average molecular weight is 296 g/mol. The summed E-state index contributed by atoms with van der Waals surface area (Å²) in [5, 5.41) is 13.5. The van der Waals surface area contributed by atoms with Crippen molar-refractivity contribution >= 4 is 28.3 Å². The third kappa shape index (κ3) is 2.64. The molecule has 22 heavy (non-hydrogen) atoms. The molecule has 1 heterocycles. The second-order valence-electron chi connectivity index (χ2n) is 4.80. The molecule has 1 amide bonds. The number of carbonyl (C=O) groups is 1. The normalized spacial score (nSPS) is 10.6. The van der Waals surface area contributed by atoms with Gasteiger partial charge in [-0.05, 0) is 30.3 Å². The van der Waals surface area contributed by atoms with Crippen LogP contribution in [-0.4, -0.2) is 20.8 Å². The molecule has 0 saturated heterocycles. The van der Waals surface area contributed by atoms with Gasteiger partial charge in [0.05, 0.1) is 16.0 Å². The molecule has 0 saturated carbocycles. The van der Waals surface area contributed by atoms with Crippen molar-refractivity contribution in [2.45, 2.75) is 6.92 Å². The summed E-state index contributed by atoms with van der Waals surface area (Å²) >= 11 is 0. The van der Waals surface area contributed by atoms with Crippen molar-refractivity contribution in [3.63, 3.8) is 0 Å². The first-order chi connectivity index (χ1) is 10.5. The maximum absolute atomic E-state index is 11.0. The summed E-state index contributed by atoms with van der Waals surface area (Å²) in [6.45, 7) is 1.44. The average Bonchev–Trinajstić information content (AvgIpc) is 2.90. The van der Waals surface area contributed by atoms with Crippen LogP contribution in [0.3, 0.4) is 0 Å². The predicted octanol–water partition coefficient (Wildman–Crippen LogP) is 3.10. The summed E-state index contributed by atoms with van der Waals surface area (Å²) in [5.74, 6) is 0.480. The molecule has 3 rings (SSSR count). The molecule has 3 aromatic rings. The SMILES string of the molecule is CC(=O)Nc1ccc(-c2nc3ccc([N+](=O)[O-])cc3[nH]2)cc1. The molecule has 0 aliphatic heterocycles. The number of carbonyl (C=O) groups excluding carboxylic acids is 1. The lowest BCUT2D eigenvalue weighted by molar-refractivity contribution is -0.384. The van der Waals surface area contributed by atoms with E-state index in [9.17, 15) is 14.9 Å². The number of H-pyrrole nitrogens is 1. The summed E-state index contributed by atoms with van der Waals surface area (Å²) < 4.78 is 0. The standard InChI is InChI=1S/C15H12N4O3/c1-9(20)16-11-4-2-10(3-5-11)15-17-13-7-6-12(19(21)22)8-14(13)18-15/h2-8H,1H3,(H,16,20)(H,17,18). The maximum atomic E-state index is 11.0. The van der Waals surface area contributed by atoms with Crippen LogP contribution in [0, 0.1) is 10.1 Å². The molecule has 0 unspecified atom stereocenters. The number of benzene rings is 2. The van der Waals surface area contributed by atoms with Gasteiger partial charge in [-0.1, -0.05) is 0 Å². The lowest BCUT2D eigenvalue weighted by atomic mass is 10.2. The first kappa shape index (κ1) is 13.7. The van der Waals surface area contributed by atoms with Crippen LogP contribution in [0.4, 0.5) is 11.4 Å². The minimum Gasteiger partial charge on any atom is -0.338 e. The number of nitrogens with one attached hydrogen (secondary N) is 2. The Labute approximate surface area is 125 Å². The van der Waals surface area contributed by atoms with Gasteiger partial charge in [0.15, 0.2) is 0 Å². The number of aromatic nitrogens is 2. The number of rotatable bonds is 3. The largest absolute Gasteiger partial charge is 0.338 e. The highest BCUT2D eigenvalue weighted by Gasteiger charge is 2.10. The molecule has 0 aliphatic carbocycles. The van der Waals surface area contributed by atoms with E-state index < -0.39 is 4.92 Å². The van der Waals surface area contributed by atoms with Gasteiger partial charge in [0.1, 0.15) is 5.82 Å². The molecular weight excluding hydrogens is 284 g/mol. The Kier molecular flexibility index (Phi) is 3.30. The monoisotopic (exact) mass is 296 g/mol. The number of aromatic amines is 1. The third-order valence-electron chi connectivity index (χ3n) is 3.15. The zero-order valence-electron chi connectivity index (χ0n) is 11.7. The van der Waals surface area contributed by atoms with Gasteiger partial charge in [-0.15, -0.1) is 0 Å². The fourth-order valence-electron chi connectivity index (χ4n) is 2.16. The number of amides is 1. The number of nitro benzene ring substituents is 1. The summed E-state index contributed by atoms with van der Waals surface area (Å²) in [5.41, 5.74) is 2.81. The minimum absolute atomic E-state index is 0.0173. The first-order valence-corrected chi connectivity index (χ1v) is 6.55. The van der Waals surface area contributed by atoms with Crippen LogP contribution in [0.2, 0.25) is 0 Å². The first-order valence-electron chi connectivity index (χ1n) is 6.55. The van der Waals surface area contributed by atoms with Crippen molar-refractivity contribution < 1.29 is 9.72 Å². The van der Waals surface area contributed by atoms with Crippen LogP contribution < -0.4 is 5.32 Å². The molecule has 110 valence electrons. The van der Waals surface area contributed by atoms with Crippen LogP contribution in [0.15, 0.2) is 42.5 Å². The van der Waals surface area contributed by atoms with Crippen molar-refractivity contribution in [3.8, 4) is 11.4 Å². The van der Waals surface area contributed by atoms with Gasteiger partial charge in [-0.3, -0.25) is 14.9 Å². The van der Waals surface area contributed by atoms with Crippen LogP contribution in [-0.2, 0) is 4.79 Å². The Bertz CT molecular complexity index is 868. The van der Waals surface area contributed by atoms with Gasteiger partial charge in [-0.2, -0.15) is 0 Å². The zero-order chi connectivity index (χ0) is 15.7. The number of imidazole rings is 1. The fraction of sp³-hybridized carbons (Fsp3) is 0.0667. The second-order valence-corrected chi connectivity index (χ2v) is 4.80. The van der Waals surface area contributed by atoms with E-state index in [-0.39, 0.29) is 11.6 Å². The number of hydrogen-bond donors (Lipinski definition) is 2. The topological polar surface area (TPSA) is 101 Å². The summed E-state index contributed by atoms with van der Waals surface area (Å²) in [4.78, 5) is 28.8. The Balaban J connectivity index is 1.95. The number of nitrogens with zero attached hydrogens (tertiary/aromatic N) is 2.